The van der Waals surface area contributed by atoms with Gasteiger partial charge in [0.25, 0.3) is 0 Å². The van der Waals surface area contributed by atoms with E-state index in [2.05, 4.69) is 254 Å². The maximum absolute atomic E-state index is 5.83. The molecule has 2 heteroatoms. The van der Waals surface area contributed by atoms with Crippen molar-refractivity contribution in [2.75, 3.05) is 4.90 Å². The normalized spacial score (nSPS) is 13.7. The van der Waals surface area contributed by atoms with Crippen molar-refractivity contribution in [1.82, 2.24) is 0 Å². The lowest BCUT2D eigenvalue weighted by molar-refractivity contribution is 0.616. The van der Waals surface area contributed by atoms with Gasteiger partial charge >= 0.3 is 0 Å². The summed E-state index contributed by atoms with van der Waals surface area (Å²) in [7, 11) is 0. The Hall–Kier alpha value is -8.46. The highest BCUT2D eigenvalue weighted by Gasteiger charge is 2.48. The van der Waals surface area contributed by atoms with Gasteiger partial charge in [0.15, 0.2) is 0 Å². The van der Waals surface area contributed by atoms with Crippen molar-refractivity contribution in [2.24, 2.45) is 0 Å². The van der Waals surface area contributed by atoms with E-state index in [9.17, 15) is 0 Å². The van der Waals surface area contributed by atoms with Crippen LogP contribution in [0.1, 0.15) is 44.5 Å². The summed E-state index contributed by atoms with van der Waals surface area (Å²) in [6.07, 6.45) is 1.76. The highest BCUT2D eigenvalue weighted by atomic mass is 16.3. The molecule has 1 heterocycles. The van der Waals surface area contributed by atoms with Gasteiger partial charge in [-0.3, -0.25) is 0 Å². The van der Waals surface area contributed by atoms with E-state index in [1.54, 1.807) is 6.26 Å². The molecular weight excluding hydrogens is 799 g/mol. The molecule has 0 aliphatic heterocycles. The minimum atomic E-state index is -0.535. The average Bonchev–Trinajstić information content (AvgIpc) is 4.08. The molecule has 0 N–H and O–H groups in total. The Morgan fingerprint density at radius 3 is 1.42 bits per heavy atom. The second-order valence-corrected chi connectivity index (χ2v) is 17.5. The van der Waals surface area contributed by atoms with E-state index >= 15 is 0 Å². The maximum atomic E-state index is 5.83. The van der Waals surface area contributed by atoms with Crippen LogP contribution in [0.4, 0.5) is 17.1 Å². The van der Waals surface area contributed by atoms with E-state index in [0.717, 1.165) is 39.2 Å². The first-order chi connectivity index (χ1) is 32.7. The summed E-state index contributed by atoms with van der Waals surface area (Å²) in [5, 5.41) is 1.10. The van der Waals surface area contributed by atoms with Gasteiger partial charge in [0, 0.05) is 22.3 Å². The first kappa shape index (κ1) is 38.0. The van der Waals surface area contributed by atoms with E-state index < -0.39 is 10.8 Å². The fourth-order valence-electron chi connectivity index (χ4n) is 11.6. The molecule has 0 saturated heterocycles. The first-order valence-electron chi connectivity index (χ1n) is 22.8. The summed E-state index contributed by atoms with van der Waals surface area (Å²) in [6.45, 7) is 0. The van der Waals surface area contributed by atoms with Crippen molar-refractivity contribution < 1.29 is 4.42 Å². The highest BCUT2D eigenvalue weighted by molar-refractivity contribution is 5.99. The zero-order valence-corrected chi connectivity index (χ0v) is 36.2. The number of fused-ring (bicyclic) bond motifs is 7. The summed E-state index contributed by atoms with van der Waals surface area (Å²) in [4.78, 5) is 2.50. The van der Waals surface area contributed by atoms with Crippen molar-refractivity contribution in [1.29, 1.82) is 0 Å². The zero-order valence-electron chi connectivity index (χ0n) is 36.2. The quantitative estimate of drug-likeness (QED) is 0.152. The summed E-state index contributed by atoms with van der Waals surface area (Å²) in [5.74, 6) is 0. The van der Waals surface area contributed by atoms with E-state index in [4.69, 9.17) is 4.42 Å². The molecule has 0 radical (unpaired) electrons. The lowest BCUT2D eigenvalue weighted by atomic mass is 9.67. The third kappa shape index (κ3) is 5.49. The number of nitrogens with zero attached hydrogens (tertiary/aromatic N) is 1. The first-order valence-corrected chi connectivity index (χ1v) is 22.8. The molecule has 13 rings (SSSR count). The molecule has 310 valence electrons. The van der Waals surface area contributed by atoms with Crippen LogP contribution in [-0.2, 0) is 10.8 Å². The van der Waals surface area contributed by atoms with E-state index in [0.29, 0.717) is 0 Å². The smallest absolute Gasteiger partial charge is 0.134 e. The minimum Gasteiger partial charge on any atom is -0.464 e. The molecule has 66 heavy (non-hydrogen) atoms. The number of furan rings is 1. The van der Waals surface area contributed by atoms with Crippen LogP contribution in [0.5, 0.6) is 0 Å². The minimum absolute atomic E-state index is 0.494. The number of anilines is 3. The second-order valence-electron chi connectivity index (χ2n) is 17.5. The molecule has 0 atom stereocenters. The number of benzene rings is 10. The predicted molar refractivity (Wildman–Crippen MR) is 271 cm³/mol. The Labute approximate surface area is 385 Å². The summed E-state index contributed by atoms with van der Waals surface area (Å²) in [5.41, 5.74) is 20.5. The van der Waals surface area contributed by atoms with Crippen LogP contribution in [-0.4, -0.2) is 0 Å². The van der Waals surface area contributed by atoms with Gasteiger partial charge in [-0.25, -0.2) is 0 Å². The lowest BCUT2D eigenvalue weighted by Crippen LogP contribution is -2.28. The number of hydrogen-bond acceptors (Lipinski definition) is 2. The summed E-state index contributed by atoms with van der Waals surface area (Å²) >= 11 is 0. The molecule has 10 aromatic carbocycles. The van der Waals surface area contributed by atoms with Gasteiger partial charge in [-0.1, -0.05) is 212 Å². The Morgan fingerprint density at radius 1 is 0.318 bits per heavy atom. The summed E-state index contributed by atoms with van der Waals surface area (Å²) < 4.78 is 5.83. The zero-order chi connectivity index (χ0) is 43.7. The molecule has 0 fully saturated rings. The predicted octanol–water partition coefficient (Wildman–Crippen LogP) is 16.3. The molecule has 2 aliphatic carbocycles. The largest absolute Gasteiger partial charge is 0.464 e. The lowest BCUT2D eigenvalue weighted by Gasteiger charge is -2.35. The fourth-order valence-corrected chi connectivity index (χ4v) is 11.6. The van der Waals surface area contributed by atoms with E-state index in [1.807, 2.05) is 6.07 Å². The van der Waals surface area contributed by atoms with E-state index in [1.165, 1.54) is 66.8 Å². The van der Waals surface area contributed by atoms with Gasteiger partial charge < -0.3 is 9.32 Å². The van der Waals surface area contributed by atoms with Crippen LogP contribution < -0.4 is 4.90 Å². The van der Waals surface area contributed by atoms with Crippen molar-refractivity contribution >= 4 is 28.0 Å². The van der Waals surface area contributed by atoms with Crippen LogP contribution in [0, 0.1) is 0 Å². The van der Waals surface area contributed by atoms with Crippen molar-refractivity contribution in [3.05, 3.63) is 306 Å². The van der Waals surface area contributed by atoms with Crippen LogP contribution >= 0.6 is 0 Å². The van der Waals surface area contributed by atoms with Gasteiger partial charge in [0.05, 0.1) is 22.8 Å². The van der Waals surface area contributed by atoms with Crippen LogP contribution in [0.2, 0.25) is 0 Å². The van der Waals surface area contributed by atoms with Crippen molar-refractivity contribution in [3.63, 3.8) is 0 Å². The molecule has 0 amide bonds. The molecule has 0 spiro atoms. The molecule has 11 aromatic rings. The van der Waals surface area contributed by atoms with E-state index in [-0.39, 0.29) is 0 Å². The average molecular weight is 842 g/mol. The van der Waals surface area contributed by atoms with Gasteiger partial charge in [-0.05, 0) is 115 Å². The van der Waals surface area contributed by atoms with Gasteiger partial charge in [0.1, 0.15) is 5.58 Å². The molecule has 1 aromatic heterocycles. The second kappa shape index (κ2) is 15.1. The highest BCUT2D eigenvalue weighted by Crippen LogP contribution is 2.61. The maximum Gasteiger partial charge on any atom is 0.134 e. The third-order valence-corrected chi connectivity index (χ3v) is 14.3. The molecule has 0 bridgehead atoms. The third-order valence-electron chi connectivity index (χ3n) is 14.3. The Morgan fingerprint density at radius 2 is 0.803 bits per heavy atom. The SMILES string of the molecule is c1ccc(C2(c3ccccc3)c3ccccc3-c3cc(N(c4ccc(-c5ccc6ccoc6c5)cc4)c4cccc5c4-c4ccccc4C5(c4ccccc4)c4ccccc4)ccc32)cc1. The molecule has 0 unspecified atom stereocenters. The number of rotatable bonds is 8. The molecule has 0 saturated carbocycles. The summed E-state index contributed by atoms with van der Waals surface area (Å²) in [6, 6.07) is 94.0. The monoisotopic (exact) mass is 841 g/mol. The van der Waals surface area contributed by atoms with Gasteiger partial charge in [0.2, 0.25) is 0 Å². The Bertz CT molecular complexity index is 3490. The van der Waals surface area contributed by atoms with Gasteiger partial charge in [-0.2, -0.15) is 0 Å². The fraction of sp³-hybridized carbons (Fsp3) is 0.0312. The molecular formula is C64H43NO. The Kier molecular flexibility index (Phi) is 8.69. The van der Waals surface area contributed by atoms with Crippen LogP contribution in [0.15, 0.2) is 265 Å². The topological polar surface area (TPSA) is 16.4 Å². The molecule has 2 nitrogen and oxygen atoms in total. The number of hydrogen-bond donors (Lipinski definition) is 0. The van der Waals surface area contributed by atoms with Crippen LogP contribution in [0.25, 0.3) is 44.3 Å². The standard InChI is InChI=1S/C64H43NO/c1-5-18-47(19-6-1)63(48-20-7-2-8-21-48)56-28-15-13-26-53(56)55-43-52(38-39-58(55)63)65(51-36-34-44(35-37-51)46-33-32-45-40-41-66-61(45)42-46)60-31-17-30-59-62(60)54-27-14-16-29-57(54)64(59,49-22-9-3-10-23-49)50-24-11-4-12-25-50/h1-43H. The van der Waals surface area contributed by atoms with Gasteiger partial charge in [-0.15, -0.1) is 0 Å². The van der Waals surface area contributed by atoms with Crippen LogP contribution in [0.3, 0.4) is 0 Å². The van der Waals surface area contributed by atoms with Crippen molar-refractivity contribution in [2.45, 2.75) is 10.8 Å². The molecule has 2 aliphatic rings. The van der Waals surface area contributed by atoms with Crippen molar-refractivity contribution in [3.8, 4) is 33.4 Å². The Balaban J connectivity index is 1.08.